The number of ether oxygens (including phenoxy) is 3. The van der Waals surface area contributed by atoms with Crippen LogP contribution in [-0.4, -0.2) is 26.2 Å². The standard InChI is InChI=1S/C20H25NO4/c1-3-4-5-14-24-18-10-12-19(13-11-18)25-15-20(22)21-16-6-8-17(23-2)9-7-16/h6-13H,3-5,14-15H2,1-2H3,(H,21,22). The molecule has 1 N–H and O–H groups in total. The summed E-state index contributed by atoms with van der Waals surface area (Å²) in [6, 6.07) is 14.4. The number of hydrogen-bond acceptors (Lipinski definition) is 4. The number of nitrogens with one attached hydrogen (secondary N) is 1. The summed E-state index contributed by atoms with van der Waals surface area (Å²) in [5, 5.41) is 2.77. The number of rotatable bonds is 10. The first-order valence-corrected chi connectivity index (χ1v) is 8.51. The van der Waals surface area contributed by atoms with E-state index in [-0.39, 0.29) is 12.5 Å². The van der Waals surface area contributed by atoms with Gasteiger partial charge in [0.1, 0.15) is 17.2 Å². The molecule has 0 aliphatic carbocycles. The van der Waals surface area contributed by atoms with Crippen LogP contribution in [0.5, 0.6) is 17.2 Å². The van der Waals surface area contributed by atoms with Crippen molar-refractivity contribution < 1.29 is 19.0 Å². The third kappa shape index (κ3) is 6.75. The van der Waals surface area contributed by atoms with Gasteiger partial charge in [-0.25, -0.2) is 0 Å². The first-order chi connectivity index (χ1) is 12.2. The Bertz CT molecular complexity index is 638. The molecule has 25 heavy (non-hydrogen) atoms. The largest absolute Gasteiger partial charge is 0.497 e. The van der Waals surface area contributed by atoms with Gasteiger partial charge >= 0.3 is 0 Å². The van der Waals surface area contributed by atoms with Crippen molar-refractivity contribution in [1.29, 1.82) is 0 Å². The van der Waals surface area contributed by atoms with E-state index >= 15 is 0 Å². The molecule has 0 saturated heterocycles. The van der Waals surface area contributed by atoms with Crippen molar-refractivity contribution in [2.45, 2.75) is 26.2 Å². The third-order valence-corrected chi connectivity index (χ3v) is 3.58. The van der Waals surface area contributed by atoms with Gasteiger partial charge < -0.3 is 19.5 Å². The summed E-state index contributed by atoms with van der Waals surface area (Å²) < 4.78 is 16.2. The van der Waals surface area contributed by atoms with Crippen molar-refractivity contribution in [2.75, 3.05) is 25.6 Å². The minimum absolute atomic E-state index is 0.0528. The fourth-order valence-electron chi connectivity index (χ4n) is 2.19. The summed E-state index contributed by atoms with van der Waals surface area (Å²) >= 11 is 0. The number of unbranched alkanes of at least 4 members (excludes halogenated alkanes) is 2. The summed E-state index contributed by atoms with van der Waals surface area (Å²) in [6.45, 7) is 2.83. The normalized spacial score (nSPS) is 10.2. The van der Waals surface area contributed by atoms with Crippen LogP contribution in [0.4, 0.5) is 5.69 Å². The lowest BCUT2D eigenvalue weighted by atomic mass is 10.3. The highest BCUT2D eigenvalue weighted by molar-refractivity contribution is 5.91. The maximum atomic E-state index is 11.9. The second-order valence-corrected chi connectivity index (χ2v) is 5.59. The van der Waals surface area contributed by atoms with Crippen LogP contribution >= 0.6 is 0 Å². The fraction of sp³-hybridized carbons (Fsp3) is 0.350. The molecule has 134 valence electrons. The van der Waals surface area contributed by atoms with Crippen molar-refractivity contribution in [2.24, 2.45) is 0 Å². The van der Waals surface area contributed by atoms with Gasteiger partial charge in [0, 0.05) is 5.69 Å². The predicted molar refractivity (Wildman–Crippen MR) is 98.6 cm³/mol. The summed E-state index contributed by atoms with van der Waals surface area (Å²) in [7, 11) is 1.60. The Balaban J connectivity index is 1.73. The highest BCUT2D eigenvalue weighted by Gasteiger charge is 2.04. The predicted octanol–water partition coefficient (Wildman–Crippen LogP) is 4.28. The van der Waals surface area contributed by atoms with Crippen LogP contribution in [0.15, 0.2) is 48.5 Å². The number of methoxy groups -OCH3 is 1. The van der Waals surface area contributed by atoms with Crippen molar-refractivity contribution >= 4 is 11.6 Å². The molecule has 0 bridgehead atoms. The van der Waals surface area contributed by atoms with Crippen LogP contribution in [0.2, 0.25) is 0 Å². The van der Waals surface area contributed by atoms with Crippen molar-refractivity contribution in [3.8, 4) is 17.2 Å². The number of anilines is 1. The number of carbonyl (C=O) groups excluding carboxylic acids is 1. The first-order valence-electron chi connectivity index (χ1n) is 8.51. The lowest BCUT2D eigenvalue weighted by Gasteiger charge is -2.09. The van der Waals surface area contributed by atoms with E-state index in [1.165, 1.54) is 12.8 Å². The van der Waals surface area contributed by atoms with Gasteiger partial charge in [-0.05, 0) is 55.0 Å². The van der Waals surface area contributed by atoms with Gasteiger partial charge in [-0.15, -0.1) is 0 Å². The monoisotopic (exact) mass is 343 g/mol. The topological polar surface area (TPSA) is 56.8 Å². The average molecular weight is 343 g/mol. The Morgan fingerprint density at radius 3 is 2.08 bits per heavy atom. The van der Waals surface area contributed by atoms with Crippen LogP contribution in [0, 0.1) is 0 Å². The molecule has 0 aromatic heterocycles. The quantitative estimate of drug-likeness (QED) is 0.654. The van der Waals surface area contributed by atoms with E-state index in [1.54, 1.807) is 43.5 Å². The SMILES string of the molecule is CCCCCOc1ccc(OCC(=O)Nc2ccc(OC)cc2)cc1. The highest BCUT2D eigenvalue weighted by atomic mass is 16.5. The molecule has 0 aliphatic heterocycles. The molecule has 0 unspecified atom stereocenters. The van der Waals surface area contributed by atoms with Gasteiger partial charge in [0.05, 0.1) is 13.7 Å². The maximum Gasteiger partial charge on any atom is 0.262 e. The van der Waals surface area contributed by atoms with Gasteiger partial charge in [0.25, 0.3) is 5.91 Å². The molecule has 2 aromatic rings. The molecule has 0 heterocycles. The summed E-state index contributed by atoms with van der Waals surface area (Å²) in [5.74, 6) is 1.97. The Kier molecular flexibility index (Phi) is 7.63. The van der Waals surface area contributed by atoms with Crippen molar-refractivity contribution in [3.05, 3.63) is 48.5 Å². The van der Waals surface area contributed by atoms with Gasteiger partial charge in [-0.1, -0.05) is 19.8 Å². The first kappa shape index (κ1) is 18.6. The van der Waals surface area contributed by atoms with Gasteiger partial charge in [0.2, 0.25) is 0 Å². The Morgan fingerprint density at radius 2 is 1.48 bits per heavy atom. The molecule has 1 amide bonds. The zero-order valence-corrected chi connectivity index (χ0v) is 14.8. The zero-order chi connectivity index (χ0) is 17.9. The molecular weight excluding hydrogens is 318 g/mol. The van der Waals surface area contributed by atoms with E-state index in [1.807, 2.05) is 12.1 Å². The molecule has 5 heteroatoms. The zero-order valence-electron chi connectivity index (χ0n) is 14.8. The summed E-state index contributed by atoms with van der Waals surface area (Å²) in [4.78, 5) is 11.9. The molecule has 0 radical (unpaired) electrons. The average Bonchev–Trinajstić information content (AvgIpc) is 2.65. The molecule has 0 aliphatic rings. The van der Waals surface area contributed by atoms with Gasteiger partial charge in [-0.2, -0.15) is 0 Å². The van der Waals surface area contributed by atoms with E-state index in [4.69, 9.17) is 14.2 Å². The molecule has 0 atom stereocenters. The molecule has 5 nitrogen and oxygen atoms in total. The minimum atomic E-state index is -0.218. The molecule has 0 spiro atoms. The van der Waals surface area contributed by atoms with Gasteiger partial charge in [0.15, 0.2) is 6.61 Å². The second-order valence-electron chi connectivity index (χ2n) is 5.59. The van der Waals surface area contributed by atoms with Crippen molar-refractivity contribution in [1.82, 2.24) is 0 Å². The fourth-order valence-corrected chi connectivity index (χ4v) is 2.19. The van der Waals surface area contributed by atoms with Crippen LogP contribution in [0.25, 0.3) is 0 Å². The molecule has 2 rings (SSSR count). The van der Waals surface area contributed by atoms with E-state index < -0.39 is 0 Å². The van der Waals surface area contributed by atoms with Crippen LogP contribution in [0.3, 0.4) is 0 Å². The van der Waals surface area contributed by atoms with Crippen molar-refractivity contribution in [3.63, 3.8) is 0 Å². The smallest absolute Gasteiger partial charge is 0.262 e. The van der Waals surface area contributed by atoms with E-state index in [9.17, 15) is 4.79 Å². The minimum Gasteiger partial charge on any atom is -0.497 e. The highest BCUT2D eigenvalue weighted by Crippen LogP contribution is 2.18. The molecular formula is C20H25NO4. The third-order valence-electron chi connectivity index (χ3n) is 3.58. The molecule has 2 aromatic carbocycles. The van der Waals surface area contributed by atoms with Crippen LogP contribution < -0.4 is 19.5 Å². The summed E-state index contributed by atoms with van der Waals surface area (Å²) in [6.07, 6.45) is 3.40. The van der Waals surface area contributed by atoms with Crippen LogP contribution in [0.1, 0.15) is 26.2 Å². The molecule has 0 fully saturated rings. The lowest BCUT2D eigenvalue weighted by molar-refractivity contribution is -0.118. The Labute approximate surface area is 148 Å². The van der Waals surface area contributed by atoms with E-state index in [2.05, 4.69) is 12.2 Å². The van der Waals surface area contributed by atoms with Gasteiger partial charge in [-0.3, -0.25) is 4.79 Å². The number of benzene rings is 2. The second kappa shape index (κ2) is 10.2. The van der Waals surface area contributed by atoms with E-state index in [0.717, 1.165) is 24.5 Å². The Morgan fingerprint density at radius 1 is 0.880 bits per heavy atom. The summed E-state index contributed by atoms with van der Waals surface area (Å²) in [5.41, 5.74) is 0.699. The van der Waals surface area contributed by atoms with E-state index in [0.29, 0.717) is 11.4 Å². The molecule has 0 saturated carbocycles. The number of carbonyl (C=O) groups is 1. The maximum absolute atomic E-state index is 11.9. The number of amides is 1. The Hall–Kier alpha value is -2.69. The van der Waals surface area contributed by atoms with Crippen LogP contribution in [-0.2, 0) is 4.79 Å². The number of hydrogen-bond donors (Lipinski definition) is 1. The lowest BCUT2D eigenvalue weighted by Crippen LogP contribution is -2.20.